The molecule has 7 nitrogen and oxygen atoms in total. The van der Waals surface area contributed by atoms with E-state index >= 15 is 0 Å². The predicted molar refractivity (Wildman–Crippen MR) is 96.6 cm³/mol. The quantitative estimate of drug-likeness (QED) is 0.783. The number of carbonyl (C=O) groups is 1. The van der Waals surface area contributed by atoms with Gasteiger partial charge in [0.1, 0.15) is 6.54 Å². The lowest BCUT2D eigenvalue weighted by Crippen LogP contribution is -2.41. The van der Waals surface area contributed by atoms with E-state index < -0.39 is 0 Å². The summed E-state index contributed by atoms with van der Waals surface area (Å²) in [7, 11) is 0. The summed E-state index contributed by atoms with van der Waals surface area (Å²) in [5, 5.41) is 4.24. The molecule has 0 unspecified atom stereocenters. The lowest BCUT2D eigenvalue weighted by Gasteiger charge is -2.25. The summed E-state index contributed by atoms with van der Waals surface area (Å²) in [4.78, 5) is 31.1. The largest absolute Gasteiger partial charge is 0.376 e. The maximum absolute atomic E-state index is 12.9. The summed E-state index contributed by atoms with van der Waals surface area (Å²) >= 11 is 0. The molecule has 138 valence electrons. The van der Waals surface area contributed by atoms with Gasteiger partial charge in [-0.3, -0.25) is 14.6 Å². The molecule has 7 heteroatoms. The molecule has 0 N–H and O–H groups in total. The molecule has 1 fully saturated rings. The Morgan fingerprint density at radius 1 is 1.38 bits per heavy atom. The summed E-state index contributed by atoms with van der Waals surface area (Å²) in [5.74, 6) is -0.163. The molecule has 0 bridgehead atoms. The zero-order valence-electron chi connectivity index (χ0n) is 15.2. The van der Waals surface area contributed by atoms with Crippen molar-refractivity contribution in [2.45, 2.75) is 45.9 Å². The molecule has 1 aliphatic rings. The second kappa shape index (κ2) is 8.23. The fourth-order valence-corrected chi connectivity index (χ4v) is 2.99. The molecule has 3 rings (SSSR count). The molecule has 1 amide bonds. The minimum Gasteiger partial charge on any atom is -0.376 e. The average Bonchev–Trinajstić information content (AvgIpc) is 3.13. The van der Waals surface area contributed by atoms with Crippen LogP contribution in [0.1, 0.15) is 29.8 Å². The number of ether oxygens (including phenoxy) is 1. The number of amides is 1. The molecule has 0 spiro atoms. The van der Waals surface area contributed by atoms with E-state index in [4.69, 9.17) is 4.74 Å². The molecule has 0 saturated carbocycles. The SMILES string of the molecule is Cc1cc(=O)n(CC(=O)N(Cc2ccccn2)C[C@H]2CCCO2)nc1C. The van der Waals surface area contributed by atoms with Gasteiger partial charge in [0.25, 0.3) is 5.56 Å². The summed E-state index contributed by atoms with van der Waals surface area (Å²) in [5.41, 5.74) is 2.10. The molecule has 1 atom stereocenters. The Hall–Kier alpha value is -2.54. The van der Waals surface area contributed by atoms with Crippen molar-refractivity contribution in [1.82, 2.24) is 19.7 Å². The van der Waals surface area contributed by atoms with Crippen molar-refractivity contribution < 1.29 is 9.53 Å². The molecule has 0 aliphatic carbocycles. The van der Waals surface area contributed by atoms with Gasteiger partial charge in [-0.15, -0.1) is 0 Å². The van der Waals surface area contributed by atoms with Crippen molar-refractivity contribution in [2.75, 3.05) is 13.2 Å². The summed E-state index contributed by atoms with van der Waals surface area (Å²) in [6.45, 7) is 5.19. The lowest BCUT2D eigenvalue weighted by molar-refractivity contribution is -0.134. The number of carbonyl (C=O) groups excluding carboxylic acids is 1. The Labute approximate surface area is 152 Å². The van der Waals surface area contributed by atoms with Gasteiger partial charge in [-0.2, -0.15) is 5.10 Å². The van der Waals surface area contributed by atoms with Gasteiger partial charge in [0.2, 0.25) is 5.91 Å². The van der Waals surface area contributed by atoms with Gasteiger partial charge in [0.15, 0.2) is 0 Å². The fourth-order valence-electron chi connectivity index (χ4n) is 2.99. The van der Waals surface area contributed by atoms with Crippen LogP contribution in [-0.2, 0) is 22.6 Å². The van der Waals surface area contributed by atoms with Crippen molar-refractivity contribution >= 4 is 5.91 Å². The van der Waals surface area contributed by atoms with E-state index in [1.54, 1.807) is 11.1 Å². The van der Waals surface area contributed by atoms with Crippen LogP contribution in [0.2, 0.25) is 0 Å². The number of aryl methyl sites for hydroxylation is 2. The third kappa shape index (κ3) is 4.54. The van der Waals surface area contributed by atoms with Crippen molar-refractivity contribution in [3.05, 3.63) is 57.8 Å². The van der Waals surface area contributed by atoms with Gasteiger partial charge < -0.3 is 9.64 Å². The Morgan fingerprint density at radius 2 is 2.23 bits per heavy atom. The van der Waals surface area contributed by atoms with E-state index in [0.29, 0.717) is 13.1 Å². The molecular weight excluding hydrogens is 332 g/mol. The molecule has 0 radical (unpaired) electrons. The van der Waals surface area contributed by atoms with E-state index in [9.17, 15) is 9.59 Å². The van der Waals surface area contributed by atoms with Crippen LogP contribution in [0.3, 0.4) is 0 Å². The van der Waals surface area contributed by atoms with E-state index in [-0.39, 0.29) is 24.1 Å². The molecule has 3 heterocycles. The number of pyridine rings is 1. The molecule has 2 aromatic rings. The number of aromatic nitrogens is 3. The van der Waals surface area contributed by atoms with Crippen molar-refractivity contribution in [3.63, 3.8) is 0 Å². The zero-order valence-corrected chi connectivity index (χ0v) is 15.2. The third-order valence-electron chi connectivity index (χ3n) is 4.60. The highest BCUT2D eigenvalue weighted by Gasteiger charge is 2.23. The van der Waals surface area contributed by atoms with Gasteiger partial charge >= 0.3 is 0 Å². The highest BCUT2D eigenvalue weighted by molar-refractivity contribution is 5.75. The van der Waals surface area contributed by atoms with Gasteiger partial charge in [0.05, 0.1) is 24.0 Å². The van der Waals surface area contributed by atoms with Gasteiger partial charge in [-0.05, 0) is 44.4 Å². The molecule has 26 heavy (non-hydrogen) atoms. The lowest BCUT2D eigenvalue weighted by atomic mass is 10.2. The molecule has 1 saturated heterocycles. The molecule has 2 aromatic heterocycles. The summed E-state index contributed by atoms with van der Waals surface area (Å²) < 4.78 is 6.91. The Kier molecular flexibility index (Phi) is 5.78. The maximum Gasteiger partial charge on any atom is 0.267 e. The first kappa shape index (κ1) is 18.3. The fraction of sp³-hybridized carbons (Fsp3) is 0.474. The van der Waals surface area contributed by atoms with Crippen LogP contribution in [0.5, 0.6) is 0 Å². The Bertz CT molecular complexity index is 813. The zero-order chi connectivity index (χ0) is 18.5. The van der Waals surface area contributed by atoms with E-state index in [1.165, 1.54) is 10.7 Å². The molecule has 1 aliphatic heterocycles. The Morgan fingerprint density at radius 3 is 2.92 bits per heavy atom. The first-order valence-corrected chi connectivity index (χ1v) is 8.87. The van der Waals surface area contributed by atoms with Gasteiger partial charge in [-0.25, -0.2) is 4.68 Å². The highest BCUT2D eigenvalue weighted by Crippen LogP contribution is 2.15. The second-order valence-electron chi connectivity index (χ2n) is 6.64. The first-order chi connectivity index (χ1) is 12.5. The first-order valence-electron chi connectivity index (χ1n) is 8.87. The normalized spacial score (nSPS) is 16.6. The maximum atomic E-state index is 12.9. The van der Waals surface area contributed by atoms with Crippen LogP contribution in [0.15, 0.2) is 35.3 Å². The minimum atomic E-state index is -0.267. The highest BCUT2D eigenvalue weighted by atomic mass is 16.5. The van der Waals surface area contributed by atoms with Crippen LogP contribution in [0.4, 0.5) is 0 Å². The van der Waals surface area contributed by atoms with E-state index in [2.05, 4.69) is 10.1 Å². The number of rotatable bonds is 6. The van der Waals surface area contributed by atoms with E-state index in [1.807, 2.05) is 32.0 Å². The molecule has 0 aromatic carbocycles. The summed E-state index contributed by atoms with van der Waals surface area (Å²) in [6, 6.07) is 7.13. The van der Waals surface area contributed by atoms with Crippen LogP contribution in [0.25, 0.3) is 0 Å². The van der Waals surface area contributed by atoms with Crippen LogP contribution < -0.4 is 5.56 Å². The number of hydrogen-bond acceptors (Lipinski definition) is 5. The molecular formula is C19H24N4O3. The van der Waals surface area contributed by atoms with Crippen molar-refractivity contribution in [3.8, 4) is 0 Å². The summed E-state index contributed by atoms with van der Waals surface area (Å²) in [6.07, 6.45) is 3.69. The predicted octanol–water partition coefficient (Wildman–Crippen LogP) is 1.46. The minimum absolute atomic E-state index is 0.0343. The third-order valence-corrected chi connectivity index (χ3v) is 4.60. The van der Waals surface area contributed by atoms with Crippen LogP contribution >= 0.6 is 0 Å². The van der Waals surface area contributed by atoms with Gasteiger partial charge in [0, 0.05) is 25.4 Å². The van der Waals surface area contributed by atoms with Crippen LogP contribution in [-0.4, -0.2) is 44.8 Å². The number of hydrogen-bond donors (Lipinski definition) is 0. The topological polar surface area (TPSA) is 77.3 Å². The average molecular weight is 356 g/mol. The second-order valence-corrected chi connectivity index (χ2v) is 6.64. The van der Waals surface area contributed by atoms with E-state index in [0.717, 1.165) is 36.4 Å². The standard InChI is InChI=1S/C19H24N4O3/c1-14-10-18(24)23(21-15(14)2)13-19(25)22(12-17-7-5-9-26-17)11-16-6-3-4-8-20-16/h3-4,6,8,10,17H,5,7,9,11-13H2,1-2H3/t17-/m1/s1. The monoisotopic (exact) mass is 356 g/mol. The van der Waals surface area contributed by atoms with Crippen molar-refractivity contribution in [2.24, 2.45) is 0 Å². The number of nitrogens with zero attached hydrogens (tertiary/aromatic N) is 4. The van der Waals surface area contributed by atoms with Crippen LogP contribution in [0, 0.1) is 13.8 Å². The van der Waals surface area contributed by atoms with Crippen molar-refractivity contribution in [1.29, 1.82) is 0 Å². The smallest absolute Gasteiger partial charge is 0.267 e. The Balaban J connectivity index is 1.77. The van der Waals surface area contributed by atoms with Gasteiger partial charge in [-0.1, -0.05) is 6.07 Å².